The summed E-state index contributed by atoms with van der Waals surface area (Å²) in [6.45, 7) is 8.74. The predicted octanol–water partition coefficient (Wildman–Crippen LogP) is 4.93. The van der Waals surface area contributed by atoms with Crippen LogP contribution in [0.1, 0.15) is 79.0 Å². The van der Waals surface area contributed by atoms with E-state index in [1.54, 1.807) is 34.4 Å². The van der Waals surface area contributed by atoms with Gasteiger partial charge in [0.25, 0.3) is 5.91 Å². The maximum atomic E-state index is 16.4. The van der Waals surface area contributed by atoms with Crippen LogP contribution in [0.3, 0.4) is 0 Å². The first kappa shape index (κ1) is 38.7. The second-order valence-corrected chi connectivity index (χ2v) is 16.7. The van der Waals surface area contributed by atoms with Crippen LogP contribution in [0.25, 0.3) is 33.1 Å². The molecule has 308 valence electrons. The average Bonchev–Trinajstić information content (AvgIpc) is 3.77. The lowest BCUT2D eigenvalue weighted by Gasteiger charge is -2.36. The van der Waals surface area contributed by atoms with Gasteiger partial charge in [0.2, 0.25) is 17.7 Å². The summed E-state index contributed by atoms with van der Waals surface area (Å²) >= 11 is 0. The quantitative estimate of drug-likeness (QED) is 0.202. The monoisotopic (exact) mass is 802 g/mol. The summed E-state index contributed by atoms with van der Waals surface area (Å²) in [6, 6.07) is 17.5. The fourth-order valence-electron chi connectivity index (χ4n) is 9.52. The molecule has 13 nitrogen and oxygen atoms in total. The lowest BCUT2D eigenvalue weighted by molar-refractivity contribution is -0.135. The van der Waals surface area contributed by atoms with Gasteiger partial charge in [-0.2, -0.15) is 0 Å². The lowest BCUT2D eigenvalue weighted by Crippen LogP contribution is -2.46. The molecule has 6 heterocycles. The van der Waals surface area contributed by atoms with Gasteiger partial charge in [0.1, 0.15) is 11.7 Å². The van der Waals surface area contributed by atoms with E-state index in [0.717, 1.165) is 92.7 Å². The molecule has 2 N–H and O–H groups in total. The molecule has 3 aromatic carbocycles. The molecule has 0 aliphatic carbocycles. The molecule has 4 amide bonds. The van der Waals surface area contributed by atoms with E-state index in [1.807, 2.05) is 24.3 Å². The number of nitrogens with one attached hydrogen (secondary N) is 2. The van der Waals surface area contributed by atoms with Crippen LogP contribution in [0.5, 0.6) is 0 Å². The number of piperazine rings is 1. The number of halogens is 1. The highest BCUT2D eigenvalue weighted by Gasteiger charge is 2.32. The Morgan fingerprint density at radius 1 is 0.847 bits per heavy atom. The molecule has 9 rings (SSSR count). The topological polar surface area (TPSA) is 136 Å². The first-order chi connectivity index (χ1) is 28.5. The molecule has 0 spiro atoms. The van der Waals surface area contributed by atoms with Crippen molar-refractivity contribution in [3.63, 3.8) is 0 Å². The zero-order valence-electron chi connectivity index (χ0n) is 33.8. The number of aryl methyl sites for hydroxylation is 2. The largest absolute Gasteiger partial charge is 0.369 e. The van der Waals surface area contributed by atoms with Crippen molar-refractivity contribution in [3.05, 3.63) is 87.7 Å². The van der Waals surface area contributed by atoms with Crippen LogP contribution in [0, 0.1) is 5.82 Å². The Labute approximate surface area is 341 Å². The number of likely N-dealkylation sites (tertiary alicyclic amines) is 2. The Morgan fingerprint density at radius 2 is 1.61 bits per heavy atom. The third-order valence-corrected chi connectivity index (χ3v) is 13.1. The van der Waals surface area contributed by atoms with Crippen molar-refractivity contribution in [2.24, 2.45) is 7.05 Å². The van der Waals surface area contributed by atoms with E-state index >= 15 is 4.39 Å². The number of imidazole rings is 1. The minimum atomic E-state index is -0.695. The van der Waals surface area contributed by atoms with E-state index in [0.29, 0.717) is 60.3 Å². The van der Waals surface area contributed by atoms with Crippen LogP contribution in [0.2, 0.25) is 0 Å². The third kappa shape index (κ3) is 7.32. The third-order valence-electron chi connectivity index (χ3n) is 13.1. The van der Waals surface area contributed by atoms with E-state index in [1.165, 1.54) is 4.57 Å². The van der Waals surface area contributed by atoms with Crippen molar-refractivity contribution < 1.29 is 23.6 Å². The highest BCUT2D eigenvalue weighted by Crippen LogP contribution is 2.39. The molecule has 14 heteroatoms. The molecule has 2 aromatic heterocycles. The van der Waals surface area contributed by atoms with Gasteiger partial charge < -0.3 is 19.7 Å². The Morgan fingerprint density at radius 3 is 2.32 bits per heavy atom. The molecule has 0 radical (unpaired) electrons. The number of anilines is 1. The summed E-state index contributed by atoms with van der Waals surface area (Å²) in [4.78, 5) is 74.6. The zero-order chi connectivity index (χ0) is 40.9. The van der Waals surface area contributed by atoms with E-state index in [-0.39, 0.29) is 41.6 Å². The average molecular weight is 803 g/mol. The first-order valence-corrected chi connectivity index (χ1v) is 21.0. The number of aromatic nitrogens is 3. The highest BCUT2D eigenvalue weighted by atomic mass is 19.1. The number of hydrogen-bond acceptors (Lipinski definition) is 7. The molecule has 59 heavy (non-hydrogen) atoms. The zero-order valence-corrected chi connectivity index (χ0v) is 33.8. The van der Waals surface area contributed by atoms with E-state index in [2.05, 4.69) is 44.4 Å². The first-order valence-electron chi connectivity index (χ1n) is 21.0. The summed E-state index contributed by atoms with van der Waals surface area (Å²) < 4.78 is 19.5. The molecule has 4 fully saturated rings. The van der Waals surface area contributed by atoms with Crippen LogP contribution in [-0.2, 0) is 27.9 Å². The Hall–Kier alpha value is -5.76. The van der Waals surface area contributed by atoms with Crippen molar-refractivity contribution in [1.29, 1.82) is 0 Å². The number of H-pyrrole nitrogens is 1. The molecule has 4 aliphatic heterocycles. The van der Waals surface area contributed by atoms with Gasteiger partial charge in [0.15, 0.2) is 5.82 Å². The molecule has 5 aromatic rings. The number of piperidine rings is 2. The Bertz CT molecular complexity index is 2530. The van der Waals surface area contributed by atoms with E-state index < -0.39 is 11.9 Å². The minimum Gasteiger partial charge on any atom is -0.369 e. The molecule has 0 bridgehead atoms. The van der Waals surface area contributed by atoms with Gasteiger partial charge in [0.05, 0.1) is 16.6 Å². The summed E-state index contributed by atoms with van der Waals surface area (Å²) in [6.07, 6.45) is 4.92. The van der Waals surface area contributed by atoms with Crippen LogP contribution in [-0.4, -0.2) is 111 Å². The minimum absolute atomic E-state index is 0.000700. The smallest absolute Gasteiger partial charge is 0.329 e. The van der Waals surface area contributed by atoms with Gasteiger partial charge in [-0.3, -0.25) is 38.5 Å². The molecule has 4 saturated heterocycles. The summed E-state index contributed by atoms with van der Waals surface area (Å²) in [5, 5.41) is 3.05. The van der Waals surface area contributed by atoms with Crippen molar-refractivity contribution >= 4 is 51.3 Å². The van der Waals surface area contributed by atoms with Crippen molar-refractivity contribution in [1.82, 2.24) is 34.1 Å². The number of fused-ring (bicyclic) bond motifs is 2. The van der Waals surface area contributed by atoms with Gasteiger partial charge in [-0.05, 0) is 104 Å². The van der Waals surface area contributed by atoms with Crippen LogP contribution >= 0.6 is 0 Å². The molecular weight excluding hydrogens is 752 g/mol. The van der Waals surface area contributed by atoms with Crippen molar-refractivity contribution in [2.75, 3.05) is 63.8 Å². The SMILES string of the molecule is CC(=O)N1CCC[C@H](c2cc(-c3ccc(N4CCN(CCCc5ccc6c(c5)n(C)c(=O)n6C5CCC(=O)NC5=O)CC4)cc3)c3cc(C(=O)N4CCC4)[nH]c3c2F)C1. The van der Waals surface area contributed by atoms with E-state index in [9.17, 15) is 24.0 Å². The van der Waals surface area contributed by atoms with Crippen LogP contribution < -0.4 is 15.9 Å². The maximum absolute atomic E-state index is 16.4. The second kappa shape index (κ2) is 15.8. The lowest BCUT2D eigenvalue weighted by atomic mass is 9.87. The molecule has 4 aliphatic rings. The highest BCUT2D eigenvalue weighted by molar-refractivity contribution is 6.04. The standard InChI is InChI=1S/C45H51FN8O5/c1-28(55)53-17-4-7-31(27-53)34-25-33(35-26-36(47-42(35)41(34)46)44(58)52-18-5-19-52)30-9-11-32(12-10-30)51-22-20-50(21-23-51)16-3-6-29-8-13-37-39(24-29)49(2)45(59)54(37)38-14-15-40(56)48-43(38)57/h8-13,24-26,31,38,47H,3-7,14-23,27H2,1-2H3,(H,48,56,57)/t31-,38?/m0/s1. The number of amides is 4. The van der Waals surface area contributed by atoms with Crippen molar-refractivity contribution in [3.8, 4) is 11.1 Å². The summed E-state index contributed by atoms with van der Waals surface area (Å²) in [7, 11) is 1.72. The summed E-state index contributed by atoms with van der Waals surface area (Å²) in [5.74, 6) is -1.32. The number of carbonyl (C=O) groups excluding carboxylic acids is 4. The number of hydrogen-bond donors (Lipinski definition) is 2. The molecular formula is C45H51FN8O5. The second-order valence-electron chi connectivity index (χ2n) is 16.7. The fourth-order valence-corrected chi connectivity index (χ4v) is 9.52. The number of benzene rings is 3. The van der Waals surface area contributed by atoms with Crippen LogP contribution in [0.15, 0.2) is 59.4 Å². The Balaban J connectivity index is 0.859. The maximum Gasteiger partial charge on any atom is 0.329 e. The molecule has 1 unspecified atom stereocenters. The number of rotatable bonds is 9. The van der Waals surface area contributed by atoms with Gasteiger partial charge in [0, 0.05) is 89.7 Å². The van der Waals surface area contributed by atoms with Crippen molar-refractivity contribution in [2.45, 2.75) is 63.8 Å². The predicted molar refractivity (Wildman–Crippen MR) is 224 cm³/mol. The van der Waals surface area contributed by atoms with Gasteiger partial charge in [-0.15, -0.1) is 0 Å². The summed E-state index contributed by atoms with van der Waals surface area (Å²) in [5.41, 5.74) is 6.63. The number of imide groups is 1. The van der Waals surface area contributed by atoms with Gasteiger partial charge in [-0.25, -0.2) is 9.18 Å². The molecule has 0 saturated carbocycles. The fraction of sp³-hybridized carbons (Fsp3) is 0.444. The number of aromatic amines is 1. The van der Waals surface area contributed by atoms with E-state index in [4.69, 9.17) is 0 Å². The van der Waals surface area contributed by atoms with Gasteiger partial charge in [-0.1, -0.05) is 18.2 Å². The molecule has 2 atom stereocenters. The number of nitrogens with zero attached hydrogens (tertiary/aromatic N) is 6. The normalized spacial score (nSPS) is 20.4. The number of carbonyl (C=O) groups is 4. The van der Waals surface area contributed by atoms with Gasteiger partial charge >= 0.3 is 5.69 Å². The Kier molecular flexibility index (Phi) is 10.4. The van der Waals surface area contributed by atoms with Crippen LogP contribution in [0.4, 0.5) is 10.1 Å².